The first-order valence-electron chi connectivity index (χ1n) is 6.30. The second kappa shape index (κ2) is 5.13. The summed E-state index contributed by atoms with van der Waals surface area (Å²) in [6, 6.07) is 14.4. The van der Waals surface area contributed by atoms with E-state index in [0.29, 0.717) is 5.92 Å². The molecule has 0 aromatic heterocycles. The van der Waals surface area contributed by atoms with Crippen molar-refractivity contribution in [1.29, 1.82) is 0 Å². The van der Waals surface area contributed by atoms with Gasteiger partial charge in [0.15, 0.2) is 0 Å². The monoisotopic (exact) mass is 240 g/mol. The Hall–Kier alpha value is -1.96. The topological polar surface area (TPSA) is 38.0 Å². The van der Waals surface area contributed by atoms with Gasteiger partial charge in [0.05, 0.1) is 0 Å². The molecule has 2 nitrogen and oxygen atoms in total. The van der Waals surface area contributed by atoms with Crippen molar-refractivity contribution in [3.05, 3.63) is 53.6 Å². The van der Waals surface area contributed by atoms with E-state index in [-0.39, 0.29) is 0 Å². The summed E-state index contributed by atoms with van der Waals surface area (Å²) in [6.45, 7) is 6.43. The predicted molar refractivity (Wildman–Crippen MR) is 79.4 cm³/mol. The maximum Gasteiger partial charge on any atom is 0.0419 e. The quantitative estimate of drug-likeness (QED) is 0.778. The summed E-state index contributed by atoms with van der Waals surface area (Å²) in [5.41, 5.74) is 11.3. The van der Waals surface area contributed by atoms with Crippen LogP contribution in [0.15, 0.2) is 42.5 Å². The number of nitrogen functional groups attached to an aromatic ring is 1. The lowest BCUT2D eigenvalue weighted by Crippen LogP contribution is -1.98. The zero-order valence-electron chi connectivity index (χ0n) is 11.2. The Morgan fingerprint density at radius 1 is 1.06 bits per heavy atom. The Balaban J connectivity index is 2.31. The van der Waals surface area contributed by atoms with Crippen molar-refractivity contribution in [3.8, 4) is 0 Å². The van der Waals surface area contributed by atoms with Crippen LogP contribution in [0.3, 0.4) is 0 Å². The minimum atomic E-state index is 0.503. The number of nitrogens with two attached hydrogens (primary N) is 1. The van der Waals surface area contributed by atoms with E-state index < -0.39 is 0 Å². The van der Waals surface area contributed by atoms with Crippen molar-refractivity contribution in [2.75, 3.05) is 11.1 Å². The van der Waals surface area contributed by atoms with Crippen LogP contribution in [-0.4, -0.2) is 0 Å². The first kappa shape index (κ1) is 12.5. The van der Waals surface area contributed by atoms with Crippen molar-refractivity contribution in [1.82, 2.24) is 0 Å². The third-order valence-corrected chi connectivity index (χ3v) is 3.13. The summed E-state index contributed by atoms with van der Waals surface area (Å²) in [7, 11) is 0. The molecule has 2 rings (SSSR count). The number of nitrogens with one attached hydrogen (secondary N) is 1. The van der Waals surface area contributed by atoms with E-state index >= 15 is 0 Å². The standard InChI is InChI=1S/C16H20N2/c1-11(2)14-6-4-5-7-16(14)18-13-8-9-15(17)12(3)10-13/h4-11,18H,17H2,1-3H3. The summed E-state index contributed by atoms with van der Waals surface area (Å²) in [6.07, 6.45) is 0. The van der Waals surface area contributed by atoms with Crippen LogP contribution in [0.2, 0.25) is 0 Å². The van der Waals surface area contributed by atoms with E-state index in [1.165, 1.54) is 5.56 Å². The molecule has 2 heteroatoms. The second-order valence-electron chi connectivity index (χ2n) is 4.94. The highest BCUT2D eigenvalue weighted by molar-refractivity contribution is 5.66. The van der Waals surface area contributed by atoms with E-state index in [9.17, 15) is 0 Å². The molecule has 0 saturated heterocycles. The zero-order valence-corrected chi connectivity index (χ0v) is 11.2. The molecule has 2 aromatic carbocycles. The molecule has 0 aliphatic heterocycles. The van der Waals surface area contributed by atoms with Gasteiger partial charge in [-0.1, -0.05) is 32.0 Å². The smallest absolute Gasteiger partial charge is 0.0419 e. The van der Waals surface area contributed by atoms with Gasteiger partial charge in [0, 0.05) is 17.1 Å². The van der Waals surface area contributed by atoms with Gasteiger partial charge in [0.25, 0.3) is 0 Å². The Labute approximate surface area is 109 Å². The third kappa shape index (κ3) is 2.65. The fourth-order valence-electron chi connectivity index (χ4n) is 2.02. The van der Waals surface area contributed by atoms with E-state index in [1.54, 1.807) is 0 Å². The average molecular weight is 240 g/mol. The molecule has 94 valence electrons. The van der Waals surface area contributed by atoms with Crippen LogP contribution in [0, 0.1) is 6.92 Å². The van der Waals surface area contributed by atoms with Gasteiger partial charge in [-0.15, -0.1) is 0 Å². The van der Waals surface area contributed by atoms with Crippen LogP contribution >= 0.6 is 0 Å². The number of hydrogen-bond donors (Lipinski definition) is 2. The maximum atomic E-state index is 5.83. The summed E-state index contributed by atoms with van der Waals surface area (Å²) < 4.78 is 0. The SMILES string of the molecule is Cc1cc(Nc2ccccc2C(C)C)ccc1N. The molecule has 18 heavy (non-hydrogen) atoms. The normalized spacial score (nSPS) is 10.7. The molecule has 3 N–H and O–H groups in total. The van der Waals surface area contributed by atoms with Gasteiger partial charge in [0.2, 0.25) is 0 Å². The number of rotatable bonds is 3. The maximum absolute atomic E-state index is 5.83. The number of anilines is 3. The van der Waals surface area contributed by atoms with Gasteiger partial charge < -0.3 is 11.1 Å². The van der Waals surface area contributed by atoms with Gasteiger partial charge in [-0.3, -0.25) is 0 Å². The van der Waals surface area contributed by atoms with Gasteiger partial charge in [-0.2, -0.15) is 0 Å². The van der Waals surface area contributed by atoms with Gasteiger partial charge in [-0.25, -0.2) is 0 Å². The Kier molecular flexibility index (Phi) is 3.56. The lowest BCUT2D eigenvalue weighted by molar-refractivity contribution is 0.869. The molecule has 0 fully saturated rings. The molecular weight excluding hydrogens is 220 g/mol. The Morgan fingerprint density at radius 3 is 2.44 bits per heavy atom. The van der Waals surface area contributed by atoms with Crippen LogP contribution in [0.25, 0.3) is 0 Å². The molecule has 0 heterocycles. The lowest BCUT2D eigenvalue weighted by Gasteiger charge is -2.15. The molecule has 0 saturated carbocycles. The van der Waals surface area contributed by atoms with E-state index in [4.69, 9.17) is 5.73 Å². The molecule has 0 spiro atoms. The number of hydrogen-bond acceptors (Lipinski definition) is 2. The summed E-state index contributed by atoms with van der Waals surface area (Å²) in [5.74, 6) is 0.503. The highest BCUT2D eigenvalue weighted by Crippen LogP contribution is 2.27. The van der Waals surface area contributed by atoms with Crippen molar-refractivity contribution >= 4 is 17.1 Å². The molecule has 0 aliphatic rings. The fraction of sp³-hybridized carbons (Fsp3) is 0.250. The first-order valence-corrected chi connectivity index (χ1v) is 6.30. The fourth-order valence-corrected chi connectivity index (χ4v) is 2.02. The third-order valence-electron chi connectivity index (χ3n) is 3.13. The van der Waals surface area contributed by atoms with E-state index in [2.05, 4.69) is 49.5 Å². The average Bonchev–Trinajstić information content (AvgIpc) is 2.34. The molecule has 0 atom stereocenters. The summed E-state index contributed by atoms with van der Waals surface area (Å²) in [4.78, 5) is 0. The number of aryl methyl sites for hydroxylation is 1. The van der Waals surface area contributed by atoms with E-state index in [0.717, 1.165) is 22.6 Å². The van der Waals surface area contributed by atoms with Gasteiger partial charge >= 0.3 is 0 Å². The van der Waals surface area contributed by atoms with Crippen LogP contribution in [-0.2, 0) is 0 Å². The highest BCUT2D eigenvalue weighted by Gasteiger charge is 2.06. The number of benzene rings is 2. The summed E-state index contributed by atoms with van der Waals surface area (Å²) >= 11 is 0. The van der Waals surface area contributed by atoms with Crippen LogP contribution < -0.4 is 11.1 Å². The van der Waals surface area contributed by atoms with Crippen molar-refractivity contribution < 1.29 is 0 Å². The number of para-hydroxylation sites is 1. The molecule has 0 bridgehead atoms. The summed E-state index contributed by atoms with van der Waals surface area (Å²) in [5, 5.41) is 3.47. The van der Waals surface area contributed by atoms with Crippen molar-refractivity contribution in [2.45, 2.75) is 26.7 Å². The first-order chi connectivity index (χ1) is 8.58. The Bertz CT molecular complexity index is 545. The molecular formula is C16H20N2. The van der Waals surface area contributed by atoms with Crippen molar-refractivity contribution in [2.24, 2.45) is 0 Å². The van der Waals surface area contributed by atoms with Gasteiger partial charge in [-0.05, 0) is 48.2 Å². The van der Waals surface area contributed by atoms with E-state index in [1.807, 2.05) is 19.1 Å². The molecule has 2 aromatic rings. The van der Waals surface area contributed by atoms with Crippen LogP contribution in [0.4, 0.5) is 17.1 Å². The predicted octanol–water partition coefficient (Wildman–Crippen LogP) is 4.44. The molecule has 0 unspecified atom stereocenters. The van der Waals surface area contributed by atoms with Crippen LogP contribution in [0.5, 0.6) is 0 Å². The largest absolute Gasteiger partial charge is 0.399 e. The minimum absolute atomic E-state index is 0.503. The van der Waals surface area contributed by atoms with Crippen molar-refractivity contribution in [3.63, 3.8) is 0 Å². The Morgan fingerprint density at radius 2 is 1.78 bits per heavy atom. The minimum Gasteiger partial charge on any atom is -0.399 e. The highest BCUT2D eigenvalue weighted by atomic mass is 14.9. The van der Waals surface area contributed by atoms with Crippen LogP contribution in [0.1, 0.15) is 30.9 Å². The molecule has 0 aliphatic carbocycles. The van der Waals surface area contributed by atoms with Gasteiger partial charge in [0.1, 0.15) is 0 Å². The second-order valence-corrected chi connectivity index (χ2v) is 4.94. The molecule has 0 amide bonds. The molecule has 0 radical (unpaired) electrons. The lowest BCUT2D eigenvalue weighted by atomic mass is 10.0. The zero-order chi connectivity index (χ0) is 13.1.